The van der Waals surface area contributed by atoms with E-state index in [0.29, 0.717) is 75.8 Å². The molecule has 1 aliphatic carbocycles. The number of rotatable bonds is 13. The monoisotopic (exact) mass is 785 g/mol. The molecule has 12 nitrogen and oxygen atoms in total. The van der Waals surface area contributed by atoms with Crippen LogP contribution in [0.15, 0.2) is 59.5 Å². The number of hydrogen-bond donors (Lipinski definition) is 1. The minimum atomic E-state index is -0.863. The SMILES string of the molecule is COc1ccc2c(c1)c(CC(=O)OCCC[CH]OC(=O)c1cn(C3CC3)c3c(OC)c(N4CCNC(C)C4)c(F)cc3c1=O)c(C)n2C(=O)c1ccc(Cl)cc1. The van der Waals surface area contributed by atoms with Crippen LogP contribution in [0, 0.1) is 19.3 Å². The number of benzene rings is 3. The van der Waals surface area contributed by atoms with E-state index in [1.54, 1.807) is 61.1 Å². The van der Waals surface area contributed by atoms with Crippen molar-refractivity contribution in [3.63, 3.8) is 0 Å². The summed E-state index contributed by atoms with van der Waals surface area (Å²) in [5, 5.41) is 4.60. The number of nitrogens with one attached hydrogen (secondary N) is 1. The molecule has 0 amide bonds. The Labute approximate surface area is 328 Å². The van der Waals surface area contributed by atoms with Crippen molar-refractivity contribution in [3.05, 3.63) is 105 Å². The predicted octanol–water partition coefficient (Wildman–Crippen LogP) is 6.78. The highest BCUT2D eigenvalue weighted by Crippen LogP contribution is 2.44. The molecule has 293 valence electrons. The van der Waals surface area contributed by atoms with E-state index in [1.165, 1.54) is 26.0 Å². The molecule has 1 unspecified atom stereocenters. The van der Waals surface area contributed by atoms with Gasteiger partial charge in [-0.15, -0.1) is 0 Å². The van der Waals surface area contributed by atoms with Gasteiger partial charge in [0.2, 0.25) is 5.43 Å². The zero-order valence-electron chi connectivity index (χ0n) is 31.7. The molecule has 2 aromatic heterocycles. The van der Waals surface area contributed by atoms with Gasteiger partial charge < -0.3 is 33.7 Å². The van der Waals surface area contributed by atoms with Crippen LogP contribution in [-0.4, -0.2) is 73.5 Å². The summed E-state index contributed by atoms with van der Waals surface area (Å²) in [6.07, 6.45) is 3.66. The van der Waals surface area contributed by atoms with Gasteiger partial charge in [0.1, 0.15) is 23.6 Å². The molecule has 3 heterocycles. The van der Waals surface area contributed by atoms with Gasteiger partial charge in [-0.2, -0.15) is 0 Å². The topological polar surface area (TPSA) is 130 Å². The fourth-order valence-corrected chi connectivity index (χ4v) is 7.52. The third-order valence-corrected chi connectivity index (χ3v) is 10.6. The van der Waals surface area contributed by atoms with Crippen LogP contribution in [0.25, 0.3) is 21.8 Å². The van der Waals surface area contributed by atoms with Gasteiger partial charge in [0.25, 0.3) is 5.91 Å². The van der Waals surface area contributed by atoms with Crippen molar-refractivity contribution in [3.8, 4) is 11.5 Å². The number of esters is 2. The third kappa shape index (κ3) is 7.70. The lowest BCUT2D eigenvalue weighted by molar-refractivity contribution is -0.142. The Morgan fingerprint density at radius 2 is 1.80 bits per heavy atom. The summed E-state index contributed by atoms with van der Waals surface area (Å²) in [7, 11) is 3.00. The molecule has 3 aromatic carbocycles. The average Bonchev–Trinajstić information content (AvgIpc) is 4.00. The van der Waals surface area contributed by atoms with Gasteiger partial charge in [-0.1, -0.05) is 11.6 Å². The van der Waals surface area contributed by atoms with E-state index in [1.807, 2.05) is 16.4 Å². The number of carbonyl (C=O) groups excluding carboxylic acids is 3. The van der Waals surface area contributed by atoms with Gasteiger partial charge in [0, 0.05) is 59.6 Å². The number of piperazine rings is 1. The maximum absolute atomic E-state index is 15.8. The maximum atomic E-state index is 15.8. The Hall–Kier alpha value is -5.40. The van der Waals surface area contributed by atoms with Crippen molar-refractivity contribution in [2.45, 2.75) is 58.0 Å². The summed E-state index contributed by atoms with van der Waals surface area (Å²) in [5.74, 6) is -1.38. The number of nitrogens with zero attached hydrogens (tertiary/aromatic N) is 3. The first-order valence-electron chi connectivity index (χ1n) is 18.6. The van der Waals surface area contributed by atoms with Crippen LogP contribution in [-0.2, 0) is 20.7 Å². The summed E-state index contributed by atoms with van der Waals surface area (Å²) in [5.41, 5.74) is 2.19. The van der Waals surface area contributed by atoms with E-state index in [9.17, 15) is 19.2 Å². The molecule has 2 fully saturated rings. The minimum absolute atomic E-state index is 0.0313. The smallest absolute Gasteiger partial charge is 0.344 e. The molecule has 1 saturated heterocycles. The van der Waals surface area contributed by atoms with Crippen molar-refractivity contribution < 1.29 is 37.7 Å². The summed E-state index contributed by atoms with van der Waals surface area (Å²) in [6, 6.07) is 13.3. The number of pyridine rings is 1. The lowest BCUT2D eigenvalue weighted by Crippen LogP contribution is -2.49. The van der Waals surface area contributed by atoms with E-state index < -0.39 is 23.2 Å². The van der Waals surface area contributed by atoms with Crippen LogP contribution < -0.4 is 25.1 Å². The quantitative estimate of drug-likeness (QED) is 0.101. The van der Waals surface area contributed by atoms with Crippen LogP contribution in [0.4, 0.5) is 10.1 Å². The van der Waals surface area contributed by atoms with Gasteiger partial charge in [-0.3, -0.25) is 19.0 Å². The Morgan fingerprint density at radius 3 is 2.50 bits per heavy atom. The lowest BCUT2D eigenvalue weighted by Gasteiger charge is -2.35. The van der Waals surface area contributed by atoms with Crippen molar-refractivity contribution >= 4 is 56.9 Å². The van der Waals surface area contributed by atoms with Crippen LogP contribution in [0.1, 0.15) is 70.6 Å². The largest absolute Gasteiger partial charge is 0.497 e. The van der Waals surface area contributed by atoms with Crippen LogP contribution in [0.3, 0.4) is 0 Å². The van der Waals surface area contributed by atoms with Gasteiger partial charge in [0.05, 0.1) is 43.7 Å². The maximum Gasteiger partial charge on any atom is 0.344 e. The Bertz CT molecular complexity index is 2390. The first-order chi connectivity index (χ1) is 27.0. The van der Waals surface area contributed by atoms with Crippen LogP contribution in [0.2, 0.25) is 5.02 Å². The minimum Gasteiger partial charge on any atom is -0.497 e. The Kier molecular flexibility index (Phi) is 11.4. The number of methoxy groups -OCH3 is 2. The van der Waals surface area contributed by atoms with E-state index in [-0.39, 0.29) is 54.1 Å². The summed E-state index contributed by atoms with van der Waals surface area (Å²) < 4.78 is 41.3. The molecule has 1 atom stereocenters. The van der Waals surface area contributed by atoms with Gasteiger partial charge in [-0.25, -0.2) is 9.18 Å². The van der Waals surface area contributed by atoms with Gasteiger partial charge in [0.15, 0.2) is 11.6 Å². The molecule has 14 heteroatoms. The number of anilines is 1. The summed E-state index contributed by atoms with van der Waals surface area (Å²) >= 11 is 6.04. The molecular formula is C42H43ClFN4O8. The lowest BCUT2D eigenvalue weighted by atomic mass is 10.1. The first-order valence-corrected chi connectivity index (χ1v) is 19.0. The van der Waals surface area contributed by atoms with Crippen molar-refractivity contribution in [1.82, 2.24) is 14.5 Å². The van der Waals surface area contributed by atoms with E-state index in [0.717, 1.165) is 12.8 Å². The van der Waals surface area contributed by atoms with Crippen LogP contribution >= 0.6 is 11.6 Å². The molecule has 1 saturated carbocycles. The molecule has 0 bridgehead atoms. The number of unbranched alkanes of at least 4 members (excludes halogenated alkanes) is 1. The van der Waals surface area contributed by atoms with E-state index >= 15 is 4.39 Å². The zero-order valence-corrected chi connectivity index (χ0v) is 32.4. The number of fused-ring (bicyclic) bond motifs is 2. The fourth-order valence-electron chi connectivity index (χ4n) is 7.39. The Balaban J connectivity index is 0.995. The molecule has 1 aliphatic heterocycles. The molecule has 0 spiro atoms. The number of halogens is 2. The molecular weight excluding hydrogens is 743 g/mol. The number of carbonyl (C=O) groups is 3. The van der Waals surface area contributed by atoms with Crippen molar-refractivity contribution in [2.75, 3.05) is 45.4 Å². The molecule has 5 aromatic rings. The van der Waals surface area contributed by atoms with E-state index in [2.05, 4.69) is 5.32 Å². The second kappa shape index (κ2) is 16.4. The summed E-state index contributed by atoms with van der Waals surface area (Å²) in [4.78, 5) is 55.5. The van der Waals surface area contributed by atoms with Crippen molar-refractivity contribution in [1.29, 1.82) is 0 Å². The van der Waals surface area contributed by atoms with E-state index in [4.69, 9.17) is 30.5 Å². The highest BCUT2D eigenvalue weighted by molar-refractivity contribution is 6.30. The predicted molar refractivity (Wildman–Crippen MR) is 211 cm³/mol. The number of aromatic nitrogens is 2. The molecule has 56 heavy (non-hydrogen) atoms. The summed E-state index contributed by atoms with van der Waals surface area (Å²) in [6.45, 7) is 6.93. The highest BCUT2D eigenvalue weighted by atomic mass is 35.5. The van der Waals surface area contributed by atoms with Gasteiger partial charge >= 0.3 is 11.9 Å². The normalized spacial score (nSPS) is 15.6. The molecule has 1 radical (unpaired) electrons. The standard InChI is InChI=1S/C42H43ClFN4O8/c1-24-22-46(16-15-45-24)38-34(44)20-32-37(40(38)54-4)47(28-11-12-28)23-33(39(32)50)42(52)56-18-6-5-17-55-36(49)21-30-25(2)48(35-14-13-29(53-3)19-31(30)35)41(51)26-7-9-27(43)10-8-26/h7-10,13-14,18-20,23-24,28,45H,5-6,11-12,15-17,21-22H2,1-4H3. The van der Waals surface area contributed by atoms with Gasteiger partial charge in [-0.05, 0) is 93.6 Å². The molecule has 7 rings (SSSR count). The number of ether oxygens (including phenoxy) is 4. The zero-order chi connectivity index (χ0) is 39.7. The first kappa shape index (κ1) is 38.9. The molecule has 2 aliphatic rings. The third-order valence-electron chi connectivity index (χ3n) is 10.3. The fraction of sp³-hybridized carbons (Fsp3) is 0.357. The van der Waals surface area contributed by atoms with Crippen LogP contribution in [0.5, 0.6) is 11.5 Å². The second-order valence-corrected chi connectivity index (χ2v) is 14.6. The average molecular weight is 786 g/mol. The van der Waals surface area contributed by atoms with Crippen molar-refractivity contribution in [2.24, 2.45) is 0 Å². The second-order valence-electron chi connectivity index (χ2n) is 14.2. The Morgan fingerprint density at radius 1 is 1.04 bits per heavy atom. The highest BCUT2D eigenvalue weighted by Gasteiger charge is 2.32. The molecule has 1 N–H and O–H groups in total. The number of hydrogen-bond acceptors (Lipinski definition) is 10.